The highest BCUT2D eigenvalue weighted by molar-refractivity contribution is 7.90. The van der Waals surface area contributed by atoms with Crippen LogP contribution >= 0.6 is 11.6 Å². The molecule has 3 rings (SSSR count). The maximum absolute atomic E-state index is 12.9. The summed E-state index contributed by atoms with van der Waals surface area (Å²) in [5.74, 6) is -0.416. The molecule has 1 N–H and O–H groups in total. The van der Waals surface area contributed by atoms with Crippen LogP contribution in [0.5, 0.6) is 0 Å². The summed E-state index contributed by atoms with van der Waals surface area (Å²) in [6.07, 6.45) is 2.33. The molecule has 8 heteroatoms. The number of benzene rings is 2. The van der Waals surface area contributed by atoms with E-state index in [1.165, 1.54) is 18.2 Å². The average Bonchev–Trinajstić information content (AvgIpc) is 2.68. The van der Waals surface area contributed by atoms with Crippen LogP contribution < -0.4 is 5.32 Å². The standard InChI is InChI=1S/C21H23ClN2O4S/c1-14-5-3-4-6-17(14)20(25)23-15-9-11-24(12-10-15)21(26)18-13-16(29(2,27)28)7-8-19(18)22/h3-8,13,15H,9-12H2,1-2H3,(H,23,25). The predicted octanol–water partition coefficient (Wildman–Crippen LogP) is 3.09. The van der Waals surface area contributed by atoms with Crippen molar-refractivity contribution >= 4 is 33.3 Å². The second-order valence-corrected chi connectivity index (χ2v) is 9.69. The molecule has 154 valence electrons. The Morgan fingerprint density at radius 2 is 1.72 bits per heavy atom. The van der Waals surface area contributed by atoms with Gasteiger partial charge in [-0.25, -0.2) is 8.42 Å². The fourth-order valence-electron chi connectivity index (χ4n) is 3.39. The van der Waals surface area contributed by atoms with Gasteiger partial charge < -0.3 is 10.2 Å². The van der Waals surface area contributed by atoms with Gasteiger partial charge in [0.05, 0.1) is 15.5 Å². The van der Waals surface area contributed by atoms with Crippen LogP contribution in [0.2, 0.25) is 5.02 Å². The zero-order valence-corrected chi connectivity index (χ0v) is 17.9. The Balaban J connectivity index is 1.64. The third-order valence-electron chi connectivity index (χ3n) is 5.10. The molecule has 0 saturated carbocycles. The van der Waals surface area contributed by atoms with E-state index in [1.54, 1.807) is 11.0 Å². The van der Waals surface area contributed by atoms with Crippen molar-refractivity contribution in [3.05, 3.63) is 64.2 Å². The predicted molar refractivity (Wildman–Crippen MR) is 112 cm³/mol. The minimum atomic E-state index is -3.44. The molecule has 0 aromatic heterocycles. The number of nitrogens with zero attached hydrogens (tertiary/aromatic N) is 1. The first-order valence-electron chi connectivity index (χ1n) is 9.32. The molecule has 0 atom stereocenters. The number of carbonyl (C=O) groups is 2. The zero-order valence-electron chi connectivity index (χ0n) is 16.3. The van der Waals surface area contributed by atoms with Crippen molar-refractivity contribution in [2.75, 3.05) is 19.3 Å². The van der Waals surface area contributed by atoms with Crippen LogP contribution in [-0.2, 0) is 9.84 Å². The van der Waals surface area contributed by atoms with Gasteiger partial charge in [0.15, 0.2) is 9.84 Å². The summed E-state index contributed by atoms with van der Waals surface area (Å²) in [7, 11) is -3.44. The summed E-state index contributed by atoms with van der Waals surface area (Å²) in [5.41, 5.74) is 1.74. The Morgan fingerprint density at radius 1 is 1.07 bits per heavy atom. The Labute approximate surface area is 175 Å². The smallest absolute Gasteiger partial charge is 0.255 e. The number of piperidine rings is 1. The van der Waals surface area contributed by atoms with Crippen molar-refractivity contribution in [3.63, 3.8) is 0 Å². The third kappa shape index (κ3) is 4.97. The van der Waals surface area contributed by atoms with Gasteiger partial charge in [-0.15, -0.1) is 0 Å². The summed E-state index contributed by atoms with van der Waals surface area (Å²) in [5, 5.41) is 3.25. The summed E-state index contributed by atoms with van der Waals surface area (Å²) in [6.45, 7) is 2.80. The van der Waals surface area contributed by atoms with E-state index in [-0.39, 0.29) is 33.3 Å². The fourth-order valence-corrected chi connectivity index (χ4v) is 4.23. The lowest BCUT2D eigenvalue weighted by atomic mass is 10.0. The molecule has 0 aliphatic carbocycles. The number of amides is 2. The maximum atomic E-state index is 12.9. The monoisotopic (exact) mass is 434 g/mol. The molecule has 1 aliphatic rings. The molecule has 0 unspecified atom stereocenters. The number of rotatable bonds is 4. The van der Waals surface area contributed by atoms with E-state index in [4.69, 9.17) is 11.6 Å². The third-order valence-corrected chi connectivity index (χ3v) is 6.54. The Hall–Kier alpha value is -2.38. The lowest BCUT2D eigenvalue weighted by Crippen LogP contribution is -2.46. The van der Waals surface area contributed by atoms with E-state index in [2.05, 4.69) is 5.32 Å². The largest absolute Gasteiger partial charge is 0.349 e. The molecule has 0 radical (unpaired) electrons. The molecule has 2 amide bonds. The number of aryl methyl sites for hydroxylation is 1. The van der Waals surface area contributed by atoms with E-state index in [9.17, 15) is 18.0 Å². The molecule has 2 aromatic carbocycles. The first-order chi connectivity index (χ1) is 13.7. The Kier molecular flexibility index (Phi) is 6.29. The van der Waals surface area contributed by atoms with Crippen molar-refractivity contribution in [1.82, 2.24) is 10.2 Å². The van der Waals surface area contributed by atoms with E-state index in [0.29, 0.717) is 31.5 Å². The number of hydrogen-bond acceptors (Lipinski definition) is 4. The van der Waals surface area contributed by atoms with Crippen LogP contribution in [0.3, 0.4) is 0 Å². The van der Waals surface area contributed by atoms with Crippen molar-refractivity contribution in [2.24, 2.45) is 0 Å². The number of carbonyl (C=O) groups excluding carboxylic acids is 2. The van der Waals surface area contributed by atoms with E-state index >= 15 is 0 Å². The van der Waals surface area contributed by atoms with Gasteiger partial charge in [0.25, 0.3) is 11.8 Å². The quantitative estimate of drug-likeness (QED) is 0.801. The first-order valence-corrected chi connectivity index (χ1v) is 11.6. The molecule has 1 fully saturated rings. The second kappa shape index (κ2) is 8.55. The van der Waals surface area contributed by atoms with Crippen LogP contribution in [0.1, 0.15) is 39.1 Å². The number of likely N-dealkylation sites (tertiary alicyclic amines) is 1. The minimum Gasteiger partial charge on any atom is -0.349 e. The van der Waals surface area contributed by atoms with Gasteiger partial charge in [-0.3, -0.25) is 9.59 Å². The van der Waals surface area contributed by atoms with Gasteiger partial charge >= 0.3 is 0 Å². The maximum Gasteiger partial charge on any atom is 0.255 e. The van der Waals surface area contributed by atoms with Crippen LogP contribution in [0.4, 0.5) is 0 Å². The van der Waals surface area contributed by atoms with Crippen LogP contribution in [0, 0.1) is 6.92 Å². The van der Waals surface area contributed by atoms with Gasteiger partial charge in [-0.1, -0.05) is 29.8 Å². The summed E-state index contributed by atoms with van der Waals surface area (Å²) in [4.78, 5) is 27.0. The summed E-state index contributed by atoms with van der Waals surface area (Å²) < 4.78 is 23.5. The number of hydrogen-bond donors (Lipinski definition) is 1. The number of sulfone groups is 1. The first kappa shape index (κ1) is 21.3. The molecule has 2 aromatic rings. The van der Waals surface area contributed by atoms with Gasteiger partial charge in [0, 0.05) is 31.0 Å². The van der Waals surface area contributed by atoms with Gasteiger partial charge in [-0.2, -0.15) is 0 Å². The summed E-state index contributed by atoms with van der Waals surface area (Å²) in [6, 6.07) is 11.5. The minimum absolute atomic E-state index is 0.0241. The normalized spacial score (nSPS) is 15.2. The molecule has 6 nitrogen and oxygen atoms in total. The second-order valence-electron chi connectivity index (χ2n) is 7.27. The molecule has 1 aliphatic heterocycles. The Bertz CT molecular complexity index is 1040. The van der Waals surface area contributed by atoms with Crippen molar-refractivity contribution in [2.45, 2.75) is 30.7 Å². The lowest BCUT2D eigenvalue weighted by Gasteiger charge is -2.32. The van der Waals surface area contributed by atoms with E-state index in [1.807, 2.05) is 25.1 Å². The Morgan fingerprint density at radius 3 is 2.34 bits per heavy atom. The van der Waals surface area contributed by atoms with Gasteiger partial charge in [0.1, 0.15) is 0 Å². The van der Waals surface area contributed by atoms with Crippen molar-refractivity contribution in [1.29, 1.82) is 0 Å². The lowest BCUT2D eigenvalue weighted by molar-refractivity contribution is 0.0698. The highest BCUT2D eigenvalue weighted by atomic mass is 35.5. The van der Waals surface area contributed by atoms with Crippen LogP contribution in [0.15, 0.2) is 47.4 Å². The molecule has 29 heavy (non-hydrogen) atoms. The number of nitrogens with one attached hydrogen (secondary N) is 1. The number of halogens is 1. The molecular formula is C21H23ClN2O4S. The van der Waals surface area contributed by atoms with Crippen molar-refractivity contribution < 1.29 is 18.0 Å². The van der Waals surface area contributed by atoms with Gasteiger partial charge in [0.2, 0.25) is 0 Å². The molecule has 0 spiro atoms. The SMILES string of the molecule is Cc1ccccc1C(=O)NC1CCN(C(=O)c2cc(S(C)(=O)=O)ccc2Cl)CC1. The van der Waals surface area contributed by atoms with E-state index < -0.39 is 9.84 Å². The molecular weight excluding hydrogens is 412 g/mol. The summed E-state index contributed by atoms with van der Waals surface area (Å²) >= 11 is 6.14. The van der Waals surface area contributed by atoms with Crippen molar-refractivity contribution in [3.8, 4) is 0 Å². The van der Waals surface area contributed by atoms with Crippen LogP contribution in [-0.4, -0.2) is 50.5 Å². The molecule has 1 saturated heterocycles. The highest BCUT2D eigenvalue weighted by Gasteiger charge is 2.27. The zero-order chi connectivity index (χ0) is 21.2. The average molecular weight is 435 g/mol. The van der Waals surface area contributed by atoms with E-state index in [0.717, 1.165) is 11.8 Å². The fraction of sp³-hybridized carbons (Fsp3) is 0.333. The van der Waals surface area contributed by atoms with Crippen LogP contribution in [0.25, 0.3) is 0 Å². The van der Waals surface area contributed by atoms with Gasteiger partial charge in [-0.05, 0) is 49.6 Å². The topological polar surface area (TPSA) is 83.6 Å². The highest BCUT2D eigenvalue weighted by Crippen LogP contribution is 2.24. The molecule has 0 bridgehead atoms. The molecule has 1 heterocycles.